The van der Waals surface area contributed by atoms with Gasteiger partial charge in [0, 0.05) is 47.3 Å². The van der Waals surface area contributed by atoms with Crippen molar-refractivity contribution in [3.05, 3.63) is 93.3 Å². The molecule has 5 rings (SSSR count). The Morgan fingerprint density at radius 3 is 2.27 bits per heavy atom. The molecule has 1 amide bonds. The lowest BCUT2D eigenvalue weighted by atomic mass is 9.94. The molecule has 0 saturated heterocycles. The van der Waals surface area contributed by atoms with Gasteiger partial charge < -0.3 is 14.2 Å². The number of hydrogen-bond donors (Lipinski definition) is 0. The van der Waals surface area contributed by atoms with Crippen molar-refractivity contribution in [2.24, 2.45) is 0 Å². The van der Waals surface area contributed by atoms with E-state index in [2.05, 4.69) is 0 Å². The quantitative estimate of drug-likeness (QED) is 0.232. The first kappa shape index (κ1) is 28.6. The molecule has 0 bridgehead atoms. The molecule has 1 aromatic heterocycles. The molecule has 1 aliphatic rings. The Morgan fingerprint density at radius 2 is 1.63 bits per heavy atom. The van der Waals surface area contributed by atoms with Gasteiger partial charge in [-0.3, -0.25) is 9.59 Å². The highest BCUT2D eigenvalue weighted by Crippen LogP contribution is 2.41. The maximum Gasteiger partial charge on any atom is 0.416 e. The monoisotopic (exact) mass is 592 g/mol. The molecule has 0 radical (unpaired) electrons. The number of amides is 1. The summed E-state index contributed by atoms with van der Waals surface area (Å²) in [6, 6.07) is 13.4. The first-order valence-corrected chi connectivity index (χ1v) is 13.3. The number of pyridine rings is 1. The summed E-state index contributed by atoms with van der Waals surface area (Å²) in [5, 5.41) is 0.592. The molecule has 1 aliphatic heterocycles. The molecule has 41 heavy (non-hydrogen) atoms. The molecule has 5 nitrogen and oxygen atoms in total. The SMILES string of the molecule is COc1ccccc1-c1c(C(=O)N(C)Cc2cc(C(F)(F)F)cc(C(F)(F)F)c2)c(=O)n2c3c(cccc13)SCC2. The fraction of sp³-hybridized carbons (Fsp3) is 0.241. The van der Waals surface area contributed by atoms with Crippen molar-refractivity contribution in [2.45, 2.75) is 30.3 Å². The minimum Gasteiger partial charge on any atom is -0.496 e. The zero-order valence-electron chi connectivity index (χ0n) is 21.7. The average Bonchev–Trinajstić information content (AvgIpc) is 2.93. The van der Waals surface area contributed by atoms with Crippen molar-refractivity contribution in [3.8, 4) is 16.9 Å². The number of nitrogens with zero attached hydrogens (tertiary/aromatic N) is 2. The molecular formula is C29H22F6N2O3S. The number of para-hydroxylation sites is 2. The second kappa shape index (κ2) is 10.5. The van der Waals surface area contributed by atoms with Gasteiger partial charge >= 0.3 is 12.4 Å². The molecule has 0 spiro atoms. The van der Waals surface area contributed by atoms with Gasteiger partial charge in [-0.1, -0.05) is 30.3 Å². The van der Waals surface area contributed by atoms with Crippen LogP contribution < -0.4 is 10.3 Å². The van der Waals surface area contributed by atoms with Gasteiger partial charge in [-0.05, 0) is 35.9 Å². The third kappa shape index (κ3) is 5.28. The number of alkyl halides is 6. The Labute approximate surface area is 234 Å². The van der Waals surface area contributed by atoms with Gasteiger partial charge in [0.25, 0.3) is 11.5 Å². The predicted molar refractivity (Wildman–Crippen MR) is 143 cm³/mol. The van der Waals surface area contributed by atoms with Gasteiger partial charge in [-0.15, -0.1) is 11.8 Å². The van der Waals surface area contributed by atoms with Crippen LogP contribution in [0, 0.1) is 0 Å². The number of benzene rings is 3. The molecule has 3 aromatic carbocycles. The Kier molecular flexibility index (Phi) is 7.31. The summed E-state index contributed by atoms with van der Waals surface area (Å²) >= 11 is 1.56. The van der Waals surface area contributed by atoms with E-state index in [1.165, 1.54) is 18.7 Å². The number of thioether (sulfide) groups is 1. The van der Waals surface area contributed by atoms with Crippen LogP contribution in [0.4, 0.5) is 26.3 Å². The molecule has 0 unspecified atom stereocenters. The summed E-state index contributed by atoms with van der Waals surface area (Å²) in [5.74, 6) is 0.107. The first-order valence-electron chi connectivity index (χ1n) is 12.3. The highest BCUT2D eigenvalue weighted by atomic mass is 32.2. The molecule has 0 atom stereocenters. The molecule has 0 aliphatic carbocycles. The highest BCUT2D eigenvalue weighted by molar-refractivity contribution is 7.99. The maximum absolute atomic E-state index is 14.0. The minimum atomic E-state index is -5.04. The lowest BCUT2D eigenvalue weighted by Crippen LogP contribution is -2.36. The van der Waals surface area contributed by atoms with E-state index >= 15 is 0 Å². The smallest absolute Gasteiger partial charge is 0.416 e. The van der Waals surface area contributed by atoms with Gasteiger partial charge in [-0.25, -0.2) is 0 Å². The average molecular weight is 593 g/mol. The van der Waals surface area contributed by atoms with E-state index in [4.69, 9.17) is 4.74 Å². The van der Waals surface area contributed by atoms with E-state index in [-0.39, 0.29) is 22.8 Å². The van der Waals surface area contributed by atoms with Crippen LogP contribution in [-0.4, -0.2) is 35.3 Å². The van der Waals surface area contributed by atoms with Crippen LogP contribution in [0.1, 0.15) is 27.0 Å². The molecule has 2 heterocycles. The van der Waals surface area contributed by atoms with Crippen molar-refractivity contribution >= 4 is 28.6 Å². The van der Waals surface area contributed by atoms with Crippen LogP contribution in [0.15, 0.2) is 70.4 Å². The largest absolute Gasteiger partial charge is 0.496 e. The fourth-order valence-corrected chi connectivity index (χ4v) is 6.06. The van der Waals surface area contributed by atoms with E-state index in [9.17, 15) is 35.9 Å². The zero-order chi connectivity index (χ0) is 29.7. The van der Waals surface area contributed by atoms with Crippen molar-refractivity contribution in [1.29, 1.82) is 0 Å². The standard InChI is InChI=1S/C29H22F6N2O3S/c1-36(15-16-12-17(28(30,31)32)14-18(13-16)29(33,34)35)26(38)24-23(19-6-3-4-8-21(19)40-2)20-7-5-9-22-25(20)37(27(24)39)10-11-41-22/h3-9,12-14H,10-11,15H2,1-2H3. The van der Waals surface area contributed by atoms with E-state index in [1.54, 1.807) is 48.2 Å². The molecule has 0 saturated carbocycles. The van der Waals surface area contributed by atoms with Crippen molar-refractivity contribution in [1.82, 2.24) is 9.47 Å². The summed E-state index contributed by atoms with van der Waals surface area (Å²) in [4.78, 5) is 29.7. The zero-order valence-corrected chi connectivity index (χ0v) is 22.5. The number of methoxy groups -OCH3 is 1. The van der Waals surface area contributed by atoms with Crippen LogP contribution in [0.5, 0.6) is 5.75 Å². The third-order valence-electron chi connectivity index (χ3n) is 6.82. The second-order valence-electron chi connectivity index (χ2n) is 9.48. The van der Waals surface area contributed by atoms with Crippen LogP contribution in [0.25, 0.3) is 22.0 Å². The van der Waals surface area contributed by atoms with Gasteiger partial charge in [-0.2, -0.15) is 26.3 Å². The van der Waals surface area contributed by atoms with E-state index in [1.807, 2.05) is 6.07 Å². The topological polar surface area (TPSA) is 51.5 Å². The molecule has 0 N–H and O–H groups in total. The first-order chi connectivity index (χ1) is 19.3. The molecule has 12 heteroatoms. The predicted octanol–water partition coefficient (Wildman–Crippen LogP) is 7.09. The Hall–Kier alpha value is -3.93. The lowest BCUT2D eigenvalue weighted by molar-refractivity contribution is -0.143. The number of rotatable bonds is 5. The molecule has 4 aromatic rings. The number of ether oxygens (including phenoxy) is 1. The number of carbonyl (C=O) groups is 1. The van der Waals surface area contributed by atoms with Gasteiger partial charge in [0.15, 0.2) is 0 Å². The second-order valence-corrected chi connectivity index (χ2v) is 10.6. The van der Waals surface area contributed by atoms with Crippen LogP contribution in [0.2, 0.25) is 0 Å². The van der Waals surface area contributed by atoms with Gasteiger partial charge in [0.2, 0.25) is 0 Å². The Bertz CT molecular complexity index is 1700. The maximum atomic E-state index is 14.0. The lowest BCUT2D eigenvalue weighted by Gasteiger charge is -2.25. The van der Waals surface area contributed by atoms with Crippen molar-refractivity contribution in [3.63, 3.8) is 0 Å². The highest BCUT2D eigenvalue weighted by Gasteiger charge is 2.37. The van der Waals surface area contributed by atoms with Gasteiger partial charge in [0.1, 0.15) is 11.3 Å². The minimum absolute atomic E-state index is 0.0289. The fourth-order valence-electron chi connectivity index (χ4n) is 5.03. The van der Waals surface area contributed by atoms with Crippen LogP contribution in [-0.2, 0) is 25.4 Å². The number of aryl methyl sites for hydroxylation is 1. The Morgan fingerprint density at radius 1 is 0.976 bits per heavy atom. The molecular weight excluding hydrogens is 570 g/mol. The Balaban J connectivity index is 1.69. The number of aromatic nitrogens is 1. The summed E-state index contributed by atoms with van der Waals surface area (Å²) in [5.41, 5.74) is -2.86. The third-order valence-corrected chi connectivity index (χ3v) is 7.85. The molecule has 214 valence electrons. The van der Waals surface area contributed by atoms with E-state index in [0.717, 1.165) is 9.80 Å². The summed E-state index contributed by atoms with van der Waals surface area (Å²) < 4.78 is 87.6. The molecule has 0 fully saturated rings. The number of hydrogen-bond acceptors (Lipinski definition) is 4. The summed E-state index contributed by atoms with van der Waals surface area (Å²) in [6.07, 6.45) is -10.1. The van der Waals surface area contributed by atoms with Gasteiger partial charge in [0.05, 0.1) is 23.8 Å². The van der Waals surface area contributed by atoms with Crippen molar-refractivity contribution in [2.75, 3.05) is 19.9 Å². The van der Waals surface area contributed by atoms with Crippen molar-refractivity contribution < 1.29 is 35.9 Å². The summed E-state index contributed by atoms with van der Waals surface area (Å²) in [7, 11) is 2.67. The van der Waals surface area contributed by atoms with E-state index < -0.39 is 41.5 Å². The van der Waals surface area contributed by atoms with E-state index in [0.29, 0.717) is 46.6 Å². The number of halogens is 6. The normalized spacial score (nSPS) is 13.4. The number of carbonyl (C=O) groups excluding carboxylic acids is 1. The summed E-state index contributed by atoms with van der Waals surface area (Å²) in [6.45, 7) is -0.291. The van der Waals surface area contributed by atoms with Crippen LogP contribution >= 0.6 is 11.8 Å². The van der Waals surface area contributed by atoms with Crippen LogP contribution in [0.3, 0.4) is 0 Å².